The quantitative estimate of drug-likeness (QED) is 0.907. The molecule has 1 aliphatic heterocycles. The van der Waals surface area contributed by atoms with Crippen molar-refractivity contribution in [3.63, 3.8) is 0 Å². The van der Waals surface area contributed by atoms with Gasteiger partial charge < -0.3 is 9.84 Å². The van der Waals surface area contributed by atoms with Crippen molar-refractivity contribution in [3.8, 4) is 0 Å². The van der Waals surface area contributed by atoms with Crippen LogP contribution in [0.5, 0.6) is 0 Å². The molecule has 1 saturated heterocycles. The average Bonchev–Trinajstić information content (AvgIpc) is 2.55. The van der Waals surface area contributed by atoms with Crippen LogP contribution in [-0.2, 0) is 9.53 Å². The van der Waals surface area contributed by atoms with Crippen molar-refractivity contribution < 1.29 is 19.4 Å². The predicted molar refractivity (Wildman–Crippen MR) is 62.6 cm³/mol. The Hall–Kier alpha value is -1.56. The third kappa shape index (κ3) is 2.12. The number of hydrogen-bond acceptors (Lipinski definition) is 3. The van der Waals surface area contributed by atoms with E-state index in [4.69, 9.17) is 9.84 Å². The Balaban J connectivity index is 2.38. The molecule has 2 unspecified atom stereocenters. The van der Waals surface area contributed by atoms with Gasteiger partial charge in [0.2, 0.25) is 0 Å². The number of ether oxygens (including phenoxy) is 1. The monoisotopic (exact) mass is 299 g/mol. The lowest BCUT2D eigenvalue weighted by Crippen LogP contribution is -2.37. The van der Waals surface area contributed by atoms with Crippen LogP contribution in [0, 0.1) is 0 Å². The van der Waals surface area contributed by atoms with E-state index in [1.165, 1.54) is 7.05 Å². The molecule has 1 heterocycles. The zero-order valence-corrected chi connectivity index (χ0v) is 10.5. The standard InChI is InChI=1S/C11H10BrNO4/c1-13-8(10(14)15)9(17-11(13)16)6-3-2-4-7(12)5-6/h2-5,8-9H,1H3,(H,14,15). The van der Waals surface area contributed by atoms with Gasteiger partial charge in [0.25, 0.3) is 0 Å². The summed E-state index contributed by atoms with van der Waals surface area (Å²) < 4.78 is 5.88. The van der Waals surface area contributed by atoms with Crippen LogP contribution >= 0.6 is 15.9 Å². The van der Waals surface area contributed by atoms with Crippen LogP contribution < -0.4 is 0 Å². The second kappa shape index (κ2) is 4.37. The molecule has 0 aliphatic carbocycles. The minimum atomic E-state index is -1.08. The molecule has 6 heteroatoms. The number of halogens is 1. The second-order valence-electron chi connectivity index (χ2n) is 3.75. The molecule has 2 atom stereocenters. The van der Waals surface area contributed by atoms with Crippen LogP contribution in [0.15, 0.2) is 28.7 Å². The molecule has 90 valence electrons. The number of carboxylic acids is 1. The van der Waals surface area contributed by atoms with Gasteiger partial charge in [0, 0.05) is 11.5 Å². The number of rotatable bonds is 2. The van der Waals surface area contributed by atoms with Crippen LogP contribution in [0.25, 0.3) is 0 Å². The molecular weight excluding hydrogens is 290 g/mol. The Morgan fingerprint density at radius 3 is 2.82 bits per heavy atom. The topological polar surface area (TPSA) is 66.8 Å². The van der Waals surface area contributed by atoms with Gasteiger partial charge in [0.1, 0.15) is 0 Å². The molecule has 1 aliphatic rings. The molecule has 0 aromatic heterocycles. The lowest BCUT2D eigenvalue weighted by atomic mass is 10.0. The Kier molecular flexibility index (Phi) is 3.06. The van der Waals surface area contributed by atoms with E-state index >= 15 is 0 Å². The van der Waals surface area contributed by atoms with Crippen molar-refractivity contribution in [2.45, 2.75) is 12.1 Å². The number of carbonyl (C=O) groups excluding carboxylic acids is 1. The number of carboxylic acid groups (broad SMARTS) is 1. The summed E-state index contributed by atoms with van der Waals surface area (Å²) in [4.78, 5) is 23.6. The highest BCUT2D eigenvalue weighted by molar-refractivity contribution is 9.10. The van der Waals surface area contributed by atoms with E-state index < -0.39 is 24.2 Å². The van der Waals surface area contributed by atoms with Gasteiger partial charge in [-0.2, -0.15) is 0 Å². The van der Waals surface area contributed by atoms with Crippen molar-refractivity contribution >= 4 is 28.0 Å². The van der Waals surface area contributed by atoms with Gasteiger partial charge in [-0.05, 0) is 17.7 Å². The minimum Gasteiger partial charge on any atom is -0.480 e. The van der Waals surface area contributed by atoms with Crippen LogP contribution in [0.2, 0.25) is 0 Å². The van der Waals surface area contributed by atoms with Crippen molar-refractivity contribution in [3.05, 3.63) is 34.3 Å². The smallest absolute Gasteiger partial charge is 0.411 e. The second-order valence-corrected chi connectivity index (χ2v) is 4.67. The molecular formula is C11H10BrNO4. The summed E-state index contributed by atoms with van der Waals surface area (Å²) in [5.41, 5.74) is 0.657. The first kappa shape index (κ1) is 11.9. The highest BCUT2D eigenvalue weighted by Crippen LogP contribution is 2.32. The van der Waals surface area contributed by atoms with E-state index in [0.717, 1.165) is 9.37 Å². The molecule has 0 saturated carbocycles. The number of carbonyl (C=O) groups is 2. The SMILES string of the molecule is CN1C(=O)OC(c2cccc(Br)c2)C1C(=O)O. The summed E-state index contributed by atoms with van der Waals surface area (Å²) >= 11 is 3.29. The molecule has 2 rings (SSSR count). The zero-order chi connectivity index (χ0) is 12.6. The first-order chi connectivity index (χ1) is 8.00. The fourth-order valence-electron chi connectivity index (χ4n) is 1.80. The fraction of sp³-hybridized carbons (Fsp3) is 0.273. The maximum atomic E-state index is 11.4. The van der Waals surface area contributed by atoms with E-state index in [9.17, 15) is 9.59 Å². The van der Waals surface area contributed by atoms with Gasteiger partial charge in [-0.15, -0.1) is 0 Å². The Morgan fingerprint density at radius 2 is 2.24 bits per heavy atom. The molecule has 5 nitrogen and oxygen atoms in total. The van der Waals surface area contributed by atoms with Crippen LogP contribution in [-0.4, -0.2) is 35.2 Å². The van der Waals surface area contributed by atoms with Gasteiger partial charge in [0.05, 0.1) is 0 Å². The molecule has 0 bridgehead atoms. The van der Waals surface area contributed by atoms with E-state index in [1.54, 1.807) is 18.2 Å². The minimum absolute atomic E-state index is 0.623. The molecule has 0 spiro atoms. The van der Waals surface area contributed by atoms with Gasteiger partial charge in [-0.3, -0.25) is 4.90 Å². The highest BCUT2D eigenvalue weighted by Gasteiger charge is 2.45. The highest BCUT2D eigenvalue weighted by atomic mass is 79.9. The Morgan fingerprint density at radius 1 is 1.53 bits per heavy atom. The Bertz CT molecular complexity index is 476. The largest absolute Gasteiger partial charge is 0.480 e. The van der Waals surface area contributed by atoms with Crippen LogP contribution in [0.3, 0.4) is 0 Å². The predicted octanol–water partition coefficient (Wildman–Crippen LogP) is 2.03. The van der Waals surface area contributed by atoms with Gasteiger partial charge >= 0.3 is 12.1 Å². The number of benzene rings is 1. The number of hydrogen-bond donors (Lipinski definition) is 1. The lowest BCUT2D eigenvalue weighted by Gasteiger charge is -2.17. The molecule has 17 heavy (non-hydrogen) atoms. The molecule has 0 radical (unpaired) electrons. The van der Waals surface area contributed by atoms with Crippen LogP contribution in [0.1, 0.15) is 11.7 Å². The molecule has 1 aromatic rings. The molecule has 1 aromatic carbocycles. The Labute approximate surface area is 106 Å². The lowest BCUT2D eigenvalue weighted by molar-refractivity contribution is -0.142. The van der Waals surface area contributed by atoms with Crippen molar-refractivity contribution in [2.75, 3.05) is 7.05 Å². The number of likely N-dealkylation sites (N-methyl/N-ethyl adjacent to an activating group) is 1. The summed E-state index contributed by atoms with van der Waals surface area (Å²) in [5, 5.41) is 9.12. The first-order valence-electron chi connectivity index (χ1n) is 4.92. The van der Waals surface area contributed by atoms with Crippen molar-refractivity contribution in [2.24, 2.45) is 0 Å². The van der Waals surface area contributed by atoms with Gasteiger partial charge in [-0.25, -0.2) is 9.59 Å². The van der Waals surface area contributed by atoms with Gasteiger partial charge in [0.15, 0.2) is 12.1 Å². The third-order valence-corrected chi connectivity index (χ3v) is 3.14. The van der Waals surface area contributed by atoms with E-state index in [2.05, 4.69) is 15.9 Å². The van der Waals surface area contributed by atoms with Crippen molar-refractivity contribution in [1.29, 1.82) is 0 Å². The summed E-state index contributed by atoms with van der Waals surface area (Å²) in [6.07, 6.45) is -1.40. The average molecular weight is 300 g/mol. The van der Waals surface area contributed by atoms with Crippen molar-refractivity contribution in [1.82, 2.24) is 4.90 Å². The summed E-state index contributed by atoms with van der Waals surface area (Å²) in [5.74, 6) is -1.08. The summed E-state index contributed by atoms with van der Waals surface area (Å²) in [7, 11) is 1.42. The number of amides is 1. The maximum absolute atomic E-state index is 11.4. The number of aliphatic carboxylic acids is 1. The molecule has 1 fully saturated rings. The summed E-state index contributed by atoms with van der Waals surface area (Å²) in [6.45, 7) is 0. The zero-order valence-electron chi connectivity index (χ0n) is 8.96. The molecule has 1 N–H and O–H groups in total. The van der Waals surface area contributed by atoms with Gasteiger partial charge in [-0.1, -0.05) is 28.1 Å². The normalized spacial score (nSPS) is 23.6. The van der Waals surface area contributed by atoms with Crippen LogP contribution in [0.4, 0.5) is 4.79 Å². The van der Waals surface area contributed by atoms with E-state index in [1.807, 2.05) is 6.07 Å². The summed E-state index contributed by atoms with van der Waals surface area (Å²) in [6, 6.07) is 6.08. The molecule has 1 amide bonds. The number of cyclic esters (lactones) is 1. The first-order valence-corrected chi connectivity index (χ1v) is 5.71. The fourth-order valence-corrected chi connectivity index (χ4v) is 2.22. The van der Waals surface area contributed by atoms with E-state index in [0.29, 0.717) is 5.56 Å². The maximum Gasteiger partial charge on any atom is 0.411 e. The van der Waals surface area contributed by atoms with E-state index in [-0.39, 0.29) is 0 Å². The number of nitrogens with zero attached hydrogens (tertiary/aromatic N) is 1. The third-order valence-electron chi connectivity index (χ3n) is 2.65.